The van der Waals surface area contributed by atoms with Gasteiger partial charge in [-0.2, -0.15) is 0 Å². The van der Waals surface area contributed by atoms with Crippen LogP contribution in [0.3, 0.4) is 0 Å². The van der Waals surface area contributed by atoms with Gasteiger partial charge < -0.3 is 14.6 Å². The summed E-state index contributed by atoms with van der Waals surface area (Å²) in [7, 11) is -3.60. The molecule has 5 rings (SSSR count). The van der Waals surface area contributed by atoms with Gasteiger partial charge in [-0.05, 0) is 62.7 Å². The number of rotatable bonds is 7. The third-order valence-corrected chi connectivity index (χ3v) is 7.27. The monoisotopic (exact) mass is 504 g/mol. The van der Waals surface area contributed by atoms with Gasteiger partial charge in [-0.25, -0.2) is 13.4 Å². The van der Waals surface area contributed by atoms with Gasteiger partial charge in [0.25, 0.3) is 0 Å². The average Bonchev–Trinajstić information content (AvgIpc) is 3.44. The largest absolute Gasteiger partial charge is 0.373 e. The Morgan fingerprint density at radius 1 is 1.06 bits per heavy atom. The minimum atomic E-state index is -3.60. The van der Waals surface area contributed by atoms with Crippen molar-refractivity contribution in [3.8, 4) is 11.1 Å². The Hall–Kier alpha value is -4.09. The molecule has 0 saturated heterocycles. The fourth-order valence-corrected chi connectivity index (χ4v) is 4.80. The maximum Gasteiger partial charge on any atom is 0.234 e. The first-order valence-electron chi connectivity index (χ1n) is 11.3. The lowest BCUT2D eigenvalue weighted by atomic mass is 9.83. The highest BCUT2D eigenvalue weighted by Crippen LogP contribution is 2.41. The van der Waals surface area contributed by atoms with Crippen molar-refractivity contribution in [1.82, 2.24) is 25.1 Å². The van der Waals surface area contributed by atoms with Gasteiger partial charge in [-0.15, -0.1) is 0 Å². The van der Waals surface area contributed by atoms with E-state index in [4.69, 9.17) is 4.52 Å². The first-order chi connectivity index (χ1) is 17.2. The Morgan fingerprint density at radius 3 is 2.25 bits per heavy atom. The predicted octanol–water partition coefficient (Wildman–Crippen LogP) is 3.67. The van der Waals surface area contributed by atoms with Crippen molar-refractivity contribution >= 4 is 27.0 Å². The number of sulfonamides is 1. The third kappa shape index (κ3) is 4.01. The Bertz CT molecular complexity index is 1590. The quantitative estimate of drug-likeness (QED) is 0.304. The summed E-state index contributed by atoms with van der Waals surface area (Å²) in [5.41, 5.74) is 2.21. The van der Waals surface area contributed by atoms with Crippen LogP contribution >= 0.6 is 0 Å². The number of anilines is 1. The highest BCUT2D eigenvalue weighted by Gasteiger charge is 2.39. The molecule has 184 valence electrons. The molecule has 10 nitrogen and oxygen atoms in total. The van der Waals surface area contributed by atoms with E-state index in [0.717, 1.165) is 5.56 Å². The van der Waals surface area contributed by atoms with E-state index in [1.165, 1.54) is 6.92 Å². The van der Waals surface area contributed by atoms with Crippen LogP contribution in [0.5, 0.6) is 0 Å². The van der Waals surface area contributed by atoms with Crippen molar-refractivity contribution in [3.05, 3.63) is 89.3 Å². The average molecular weight is 505 g/mol. The van der Waals surface area contributed by atoms with Gasteiger partial charge in [0.2, 0.25) is 16.0 Å². The lowest BCUT2D eigenvalue weighted by Gasteiger charge is -2.28. The molecular weight excluding hydrogens is 480 g/mol. The van der Waals surface area contributed by atoms with E-state index in [0.29, 0.717) is 45.0 Å². The standard InChI is InChI=1S/C25H24N6O4S/c1-4-36(33,34)31-24-28-19-14-17(22-15(2)30-35-16(22)3)13-18(23(19)29-24)25(32,20-9-5-7-11-26-20)21-10-6-8-12-27-21/h5-14,32H,4H2,1-3H3,(H2,28,29,31). The number of pyridine rings is 2. The molecule has 0 radical (unpaired) electrons. The summed E-state index contributed by atoms with van der Waals surface area (Å²) in [4.78, 5) is 16.5. The van der Waals surface area contributed by atoms with Crippen LogP contribution in [0.25, 0.3) is 22.2 Å². The summed E-state index contributed by atoms with van der Waals surface area (Å²) in [5, 5.41) is 16.5. The minimum absolute atomic E-state index is 0.0356. The molecule has 0 saturated carbocycles. The van der Waals surface area contributed by atoms with E-state index < -0.39 is 15.6 Å². The highest BCUT2D eigenvalue weighted by molar-refractivity contribution is 7.92. The fourth-order valence-electron chi connectivity index (χ4n) is 4.26. The summed E-state index contributed by atoms with van der Waals surface area (Å²) in [6, 6.07) is 14.1. The van der Waals surface area contributed by atoms with Crippen LogP contribution in [0.15, 0.2) is 65.4 Å². The van der Waals surface area contributed by atoms with Gasteiger partial charge in [0.05, 0.1) is 33.9 Å². The van der Waals surface area contributed by atoms with Gasteiger partial charge in [-0.3, -0.25) is 14.7 Å². The number of hydrogen-bond acceptors (Lipinski definition) is 8. The predicted molar refractivity (Wildman–Crippen MR) is 135 cm³/mol. The molecule has 11 heteroatoms. The van der Waals surface area contributed by atoms with Gasteiger partial charge in [0.1, 0.15) is 5.76 Å². The normalized spacial score (nSPS) is 12.2. The second kappa shape index (κ2) is 8.85. The molecule has 0 fully saturated rings. The molecule has 0 bridgehead atoms. The second-order valence-corrected chi connectivity index (χ2v) is 10.4. The van der Waals surface area contributed by atoms with Crippen LogP contribution in [0.4, 0.5) is 5.95 Å². The molecule has 4 heterocycles. The lowest BCUT2D eigenvalue weighted by molar-refractivity contribution is 0.117. The molecule has 0 aliphatic rings. The third-order valence-electron chi connectivity index (χ3n) is 6.00. The fraction of sp³-hybridized carbons (Fsp3) is 0.200. The summed E-state index contributed by atoms with van der Waals surface area (Å²) in [5.74, 6) is 0.518. The number of aliphatic hydroxyl groups is 1. The molecule has 0 aliphatic heterocycles. The molecule has 0 amide bonds. The number of aromatic nitrogens is 5. The Labute approximate surface area is 207 Å². The highest BCUT2D eigenvalue weighted by atomic mass is 32.2. The van der Waals surface area contributed by atoms with Gasteiger partial charge in [0, 0.05) is 23.5 Å². The zero-order chi connectivity index (χ0) is 25.5. The van der Waals surface area contributed by atoms with E-state index in [-0.39, 0.29) is 11.7 Å². The van der Waals surface area contributed by atoms with Gasteiger partial charge in [-0.1, -0.05) is 17.3 Å². The second-order valence-electron chi connectivity index (χ2n) is 8.35. The Kier molecular flexibility index (Phi) is 5.81. The zero-order valence-electron chi connectivity index (χ0n) is 19.8. The first kappa shape index (κ1) is 23.6. The van der Waals surface area contributed by atoms with E-state index >= 15 is 0 Å². The maximum absolute atomic E-state index is 12.4. The van der Waals surface area contributed by atoms with Crippen LogP contribution in [-0.4, -0.2) is 44.4 Å². The van der Waals surface area contributed by atoms with Crippen molar-refractivity contribution in [1.29, 1.82) is 0 Å². The molecule has 4 aromatic heterocycles. The number of fused-ring (bicyclic) bond motifs is 1. The van der Waals surface area contributed by atoms with Crippen LogP contribution in [0.1, 0.15) is 35.3 Å². The number of hydrogen-bond donors (Lipinski definition) is 3. The molecule has 0 spiro atoms. The smallest absolute Gasteiger partial charge is 0.234 e. The van der Waals surface area contributed by atoms with E-state index in [1.807, 2.05) is 13.0 Å². The SMILES string of the molecule is CCS(=O)(=O)Nc1nc2c(C(O)(c3ccccn3)c3ccccn3)cc(-c3c(C)noc3C)cc2[nH]1. The number of H-pyrrole nitrogens is 1. The van der Waals surface area contributed by atoms with Crippen molar-refractivity contribution < 1.29 is 18.0 Å². The van der Waals surface area contributed by atoms with E-state index in [2.05, 4.69) is 29.8 Å². The molecule has 36 heavy (non-hydrogen) atoms. The number of benzene rings is 1. The number of aryl methyl sites for hydroxylation is 2. The van der Waals surface area contributed by atoms with Crippen LogP contribution in [-0.2, 0) is 15.6 Å². The molecule has 0 aliphatic carbocycles. The topological polar surface area (TPSA) is 147 Å². The van der Waals surface area contributed by atoms with Gasteiger partial charge >= 0.3 is 0 Å². The van der Waals surface area contributed by atoms with Crippen molar-refractivity contribution in [2.75, 3.05) is 10.5 Å². The summed E-state index contributed by atoms with van der Waals surface area (Å²) in [6.07, 6.45) is 3.17. The van der Waals surface area contributed by atoms with Crippen LogP contribution in [0.2, 0.25) is 0 Å². The van der Waals surface area contributed by atoms with Crippen molar-refractivity contribution in [3.63, 3.8) is 0 Å². The summed E-state index contributed by atoms with van der Waals surface area (Å²) in [6.45, 7) is 5.16. The number of aromatic amines is 1. The molecule has 3 N–H and O–H groups in total. The Balaban J connectivity index is 1.86. The zero-order valence-corrected chi connectivity index (χ0v) is 20.7. The first-order valence-corrected chi connectivity index (χ1v) is 12.9. The van der Waals surface area contributed by atoms with Gasteiger partial charge in [0.15, 0.2) is 5.60 Å². The minimum Gasteiger partial charge on any atom is -0.373 e. The Morgan fingerprint density at radius 2 is 1.72 bits per heavy atom. The number of nitrogens with one attached hydrogen (secondary N) is 2. The molecule has 0 unspecified atom stereocenters. The van der Waals surface area contributed by atoms with Crippen molar-refractivity contribution in [2.45, 2.75) is 26.4 Å². The van der Waals surface area contributed by atoms with Crippen molar-refractivity contribution in [2.24, 2.45) is 0 Å². The van der Waals surface area contributed by atoms with E-state index in [1.54, 1.807) is 61.8 Å². The maximum atomic E-state index is 12.4. The molecule has 1 aromatic carbocycles. The van der Waals surface area contributed by atoms with E-state index in [9.17, 15) is 13.5 Å². The lowest BCUT2D eigenvalue weighted by Crippen LogP contribution is -2.31. The molecule has 0 atom stereocenters. The molecule has 5 aromatic rings. The van der Waals surface area contributed by atoms with Crippen LogP contribution in [0, 0.1) is 13.8 Å². The number of nitrogens with zero attached hydrogens (tertiary/aromatic N) is 4. The number of imidazole rings is 1. The summed E-state index contributed by atoms with van der Waals surface area (Å²) < 4.78 is 32.3. The van der Waals surface area contributed by atoms with Crippen LogP contribution < -0.4 is 4.72 Å². The molecular formula is C25H24N6O4S. The summed E-state index contributed by atoms with van der Waals surface area (Å²) >= 11 is 0.